The Balaban J connectivity index is 1.61. The molecule has 0 radical (unpaired) electrons. The van der Waals surface area contributed by atoms with E-state index in [1.54, 1.807) is 35.0 Å². The molecule has 0 fully saturated rings. The second-order valence-corrected chi connectivity index (χ2v) is 6.31. The van der Waals surface area contributed by atoms with Gasteiger partial charge in [0.15, 0.2) is 0 Å². The van der Waals surface area contributed by atoms with Crippen molar-refractivity contribution in [2.24, 2.45) is 4.99 Å². The summed E-state index contributed by atoms with van der Waals surface area (Å²) in [5.41, 5.74) is 1.49. The molecule has 0 saturated heterocycles. The van der Waals surface area contributed by atoms with E-state index in [4.69, 9.17) is 0 Å². The number of para-hydroxylation sites is 1. The number of nitrogens with zero attached hydrogens (tertiary/aromatic N) is 2. The number of H-pyrrole nitrogens is 1. The van der Waals surface area contributed by atoms with Crippen LogP contribution in [0.1, 0.15) is 11.1 Å². The van der Waals surface area contributed by atoms with Crippen molar-refractivity contribution in [3.05, 3.63) is 105 Å². The Morgan fingerprint density at radius 3 is 2.43 bits per heavy atom. The molecular formula is C22H17N3O3. The molecule has 0 spiro atoms. The van der Waals surface area contributed by atoms with Gasteiger partial charge in [0, 0.05) is 34.9 Å². The van der Waals surface area contributed by atoms with Crippen LogP contribution in [0, 0.1) is 0 Å². The molecule has 0 atom stereocenters. The molecule has 0 saturated carbocycles. The largest absolute Gasteiger partial charge is 0.494 e. The molecule has 4 rings (SSSR count). The predicted octanol–water partition coefficient (Wildman–Crippen LogP) is 3.00. The lowest BCUT2D eigenvalue weighted by molar-refractivity contribution is 0.452. The van der Waals surface area contributed by atoms with Crippen LogP contribution < -0.4 is 11.1 Å². The monoisotopic (exact) mass is 371 g/mol. The second kappa shape index (κ2) is 7.36. The van der Waals surface area contributed by atoms with Crippen molar-refractivity contribution in [1.82, 2.24) is 9.55 Å². The first-order valence-corrected chi connectivity index (χ1v) is 8.74. The standard InChI is InChI=1S/C22H17N3O3/c26-20-12-15(10-11-25(20)16-6-2-1-3-7-16)13-23-14-19-17-8-4-5-9-18(17)21(27)24-22(19)28/h1-12,14H,13H2,(H2,24,27,28). The van der Waals surface area contributed by atoms with Crippen molar-refractivity contribution in [1.29, 1.82) is 0 Å². The summed E-state index contributed by atoms with van der Waals surface area (Å²) in [6.07, 6.45) is 3.23. The molecule has 2 aromatic carbocycles. The number of aromatic hydroxyl groups is 1. The Morgan fingerprint density at radius 1 is 0.964 bits per heavy atom. The summed E-state index contributed by atoms with van der Waals surface area (Å²) in [6.45, 7) is 0.276. The fourth-order valence-electron chi connectivity index (χ4n) is 3.08. The molecule has 0 amide bonds. The van der Waals surface area contributed by atoms with Gasteiger partial charge in [-0.1, -0.05) is 36.4 Å². The quantitative estimate of drug-likeness (QED) is 0.541. The Labute approximate surface area is 160 Å². The van der Waals surface area contributed by atoms with Gasteiger partial charge in [-0.05, 0) is 29.8 Å². The number of hydrogen-bond donors (Lipinski definition) is 2. The van der Waals surface area contributed by atoms with Crippen LogP contribution in [0.2, 0.25) is 0 Å². The van der Waals surface area contributed by atoms with Crippen molar-refractivity contribution in [2.45, 2.75) is 6.54 Å². The van der Waals surface area contributed by atoms with Gasteiger partial charge in [-0.3, -0.25) is 24.1 Å². The van der Waals surface area contributed by atoms with E-state index in [0.717, 1.165) is 11.3 Å². The van der Waals surface area contributed by atoms with Crippen LogP contribution in [0.25, 0.3) is 16.5 Å². The summed E-state index contributed by atoms with van der Waals surface area (Å²) in [5, 5.41) is 11.2. The summed E-state index contributed by atoms with van der Waals surface area (Å²) < 4.78 is 1.56. The number of nitrogens with one attached hydrogen (secondary N) is 1. The third-order valence-corrected chi connectivity index (χ3v) is 4.46. The minimum Gasteiger partial charge on any atom is -0.494 e. The first-order valence-electron chi connectivity index (χ1n) is 8.74. The van der Waals surface area contributed by atoms with E-state index in [-0.39, 0.29) is 23.5 Å². The van der Waals surface area contributed by atoms with Crippen LogP contribution in [0.15, 0.2) is 87.5 Å². The molecule has 6 nitrogen and oxygen atoms in total. The molecular weight excluding hydrogens is 354 g/mol. The van der Waals surface area contributed by atoms with Crippen molar-refractivity contribution in [2.75, 3.05) is 0 Å². The number of pyridine rings is 2. The van der Waals surface area contributed by atoms with Crippen molar-refractivity contribution in [3.8, 4) is 11.6 Å². The molecule has 0 aliphatic heterocycles. The summed E-state index contributed by atoms with van der Waals surface area (Å²) in [5.74, 6) is -0.230. The molecule has 0 unspecified atom stereocenters. The molecule has 28 heavy (non-hydrogen) atoms. The van der Waals surface area contributed by atoms with Crippen molar-refractivity contribution < 1.29 is 5.11 Å². The fraction of sp³-hybridized carbons (Fsp3) is 0.0455. The van der Waals surface area contributed by atoms with E-state index in [9.17, 15) is 14.7 Å². The van der Waals surface area contributed by atoms with Gasteiger partial charge in [-0.15, -0.1) is 0 Å². The third-order valence-electron chi connectivity index (χ3n) is 4.46. The van der Waals surface area contributed by atoms with Gasteiger partial charge in [0.2, 0.25) is 5.88 Å². The zero-order chi connectivity index (χ0) is 19.5. The molecule has 6 heteroatoms. The molecule has 4 aromatic rings. The molecule has 0 aliphatic carbocycles. The number of aliphatic imine (C=N–C) groups is 1. The van der Waals surface area contributed by atoms with Gasteiger partial charge in [0.25, 0.3) is 11.1 Å². The maximum absolute atomic E-state index is 12.4. The van der Waals surface area contributed by atoms with Crippen molar-refractivity contribution in [3.63, 3.8) is 0 Å². The maximum Gasteiger partial charge on any atom is 0.258 e. The Bertz CT molecular complexity index is 1290. The SMILES string of the molecule is O=c1[nH]c(O)c(C=NCc2ccn(-c3ccccc3)c(=O)c2)c2ccccc12. The lowest BCUT2D eigenvalue weighted by Crippen LogP contribution is -2.17. The number of benzene rings is 2. The summed E-state index contributed by atoms with van der Waals surface area (Å²) in [4.78, 5) is 31.1. The van der Waals surface area contributed by atoms with Gasteiger partial charge in [-0.25, -0.2) is 0 Å². The number of hydrogen-bond acceptors (Lipinski definition) is 4. The van der Waals surface area contributed by atoms with Crippen molar-refractivity contribution >= 4 is 17.0 Å². The van der Waals surface area contributed by atoms with Gasteiger partial charge >= 0.3 is 0 Å². The normalized spacial score (nSPS) is 11.3. The lowest BCUT2D eigenvalue weighted by Gasteiger charge is -2.06. The molecule has 2 heterocycles. The first kappa shape index (κ1) is 17.5. The van der Waals surface area contributed by atoms with Gasteiger partial charge in [-0.2, -0.15) is 0 Å². The zero-order valence-corrected chi connectivity index (χ0v) is 14.9. The smallest absolute Gasteiger partial charge is 0.258 e. The van der Waals surface area contributed by atoms with E-state index in [1.807, 2.05) is 36.4 Å². The first-order chi connectivity index (χ1) is 13.6. The number of aromatic amines is 1. The highest BCUT2D eigenvalue weighted by molar-refractivity contribution is 6.01. The number of aromatic nitrogens is 2. The Hall–Kier alpha value is -3.93. The third kappa shape index (κ3) is 3.35. The maximum atomic E-state index is 12.4. The second-order valence-electron chi connectivity index (χ2n) is 6.31. The van der Waals surface area contributed by atoms with Gasteiger partial charge in [0.1, 0.15) is 0 Å². The predicted molar refractivity (Wildman–Crippen MR) is 110 cm³/mol. The minimum absolute atomic E-state index is 0.142. The van der Waals surface area contributed by atoms with E-state index < -0.39 is 0 Å². The summed E-state index contributed by atoms with van der Waals surface area (Å²) in [6, 6.07) is 19.7. The minimum atomic E-state index is -0.352. The Kier molecular flexibility index (Phi) is 4.60. The van der Waals surface area contributed by atoms with E-state index in [2.05, 4.69) is 9.98 Å². The number of fused-ring (bicyclic) bond motifs is 1. The number of rotatable bonds is 4. The molecule has 0 bridgehead atoms. The van der Waals surface area contributed by atoms with Crippen LogP contribution in [0.5, 0.6) is 5.88 Å². The molecule has 138 valence electrons. The van der Waals surface area contributed by atoms with Gasteiger partial charge < -0.3 is 5.11 Å². The van der Waals surface area contributed by atoms with E-state index >= 15 is 0 Å². The van der Waals surface area contributed by atoms with E-state index in [0.29, 0.717) is 16.3 Å². The van der Waals surface area contributed by atoms with Crippen LogP contribution in [0.3, 0.4) is 0 Å². The van der Waals surface area contributed by atoms with Crippen LogP contribution in [-0.4, -0.2) is 20.9 Å². The molecule has 2 aromatic heterocycles. The van der Waals surface area contributed by atoms with E-state index in [1.165, 1.54) is 12.3 Å². The molecule has 2 N–H and O–H groups in total. The highest BCUT2D eigenvalue weighted by Crippen LogP contribution is 2.20. The summed E-state index contributed by atoms with van der Waals surface area (Å²) >= 11 is 0. The lowest BCUT2D eigenvalue weighted by atomic mass is 10.1. The van der Waals surface area contributed by atoms with Gasteiger partial charge in [0.05, 0.1) is 12.1 Å². The van der Waals surface area contributed by atoms with Crippen LogP contribution >= 0.6 is 0 Å². The average Bonchev–Trinajstić information content (AvgIpc) is 2.71. The zero-order valence-electron chi connectivity index (χ0n) is 14.9. The van der Waals surface area contributed by atoms with Crippen LogP contribution in [-0.2, 0) is 6.54 Å². The van der Waals surface area contributed by atoms with Crippen LogP contribution in [0.4, 0.5) is 0 Å². The average molecular weight is 371 g/mol. The topological polar surface area (TPSA) is 87.4 Å². The highest BCUT2D eigenvalue weighted by Gasteiger charge is 2.08. The molecule has 0 aliphatic rings. The Morgan fingerprint density at radius 2 is 1.68 bits per heavy atom. The highest BCUT2D eigenvalue weighted by atomic mass is 16.3. The summed E-state index contributed by atoms with van der Waals surface area (Å²) in [7, 11) is 0. The fourth-order valence-corrected chi connectivity index (χ4v) is 3.08.